The van der Waals surface area contributed by atoms with E-state index in [0.29, 0.717) is 0 Å². The average molecular weight is 658 g/mol. The van der Waals surface area contributed by atoms with Gasteiger partial charge in [0.2, 0.25) is 0 Å². The van der Waals surface area contributed by atoms with Gasteiger partial charge in [-0.3, -0.25) is 0 Å². The summed E-state index contributed by atoms with van der Waals surface area (Å²) >= 11 is 0. The predicted molar refractivity (Wildman–Crippen MR) is 104 cm³/mol. The molecule has 0 aliphatic carbocycles. The summed E-state index contributed by atoms with van der Waals surface area (Å²) in [7, 11) is 0. The minimum Gasteiger partial charge on any atom is -0.395 e. The second kappa shape index (κ2) is 11.1. The first-order chi connectivity index (χ1) is 18.5. The molecule has 1 unspecified atom stereocenters. The van der Waals surface area contributed by atoms with E-state index in [1.807, 2.05) is 0 Å². The van der Waals surface area contributed by atoms with Crippen LogP contribution >= 0.6 is 0 Å². The number of halogens is 17. The van der Waals surface area contributed by atoms with Crippen LogP contribution in [0.15, 0.2) is 30.3 Å². The van der Waals surface area contributed by atoms with Gasteiger partial charge in [0.1, 0.15) is 5.60 Å². The third kappa shape index (κ3) is 5.16. The Balaban J connectivity index is 3.69. The maximum atomic E-state index is 14.5. The maximum absolute atomic E-state index is 14.5. The van der Waals surface area contributed by atoms with Crippen LogP contribution in [0.1, 0.15) is 18.4 Å². The molecular weight excluding hydrogens is 639 g/mol. The Kier molecular flexibility index (Phi) is 10.0. The number of rotatable bonds is 14. The van der Waals surface area contributed by atoms with E-state index in [0.717, 1.165) is 24.3 Å². The largest absolute Gasteiger partial charge is 0.460 e. The molecule has 0 radical (unpaired) electrons. The molecule has 1 aromatic carbocycles. The first kappa shape index (κ1) is 37.9. The Hall–Kier alpha value is -2.13. The van der Waals surface area contributed by atoms with Gasteiger partial charge in [-0.1, -0.05) is 30.3 Å². The zero-order chi connectivity index (χ0) is 33.6. The van der Waals surface area contributed by atoms with Gasteiger partial charge < -0.3 is 20.4 Å². The zero-order valence-corrected chi connectivity index (χ0v) is 20.1. The number of hydrogen-bond acceptors (Lipinski definition) is 4. The maximum Gasteiger partial charge on any atom is 0.460 e. The van der Waals surface area contributed by atoms with Gasteiger partial charge in [0.15, 0.2) is 0 Å². The highest BCUT2D eigenvalue weighted by molar-refractivity contribution is 5.26. The Labute approximate surface area is 223 Å². The second-order valence-electron chi connectivity index (χ2n) is 9.13. The van der Waals surface area contributed by atoms with E-state index in [1.165, 1.54) is 6.07 Å². The number of aliphatic hydroxyl groups is 4. The molecule has 1 rings (SSSR count). The van der Waals surface area contributed by atoms with Crippen LogP contribution in [0, 0.1) is 5.41 Å². The summed E-state index contributed by atoms with van der Waals surface area (Å²) in [5.74, 6) is -57.7. The molecular formula is C21H19F17O4. The van der Waals surface area contributed by atoms with Gasteiger partial charge in [-0.2, -0.15) is 74.6 Å². The molecule has 0 fully saturated rings. The number of benzene rings is 1. The smallest absolute Gasteiger partial charge is 0.395 e. The summed E-state index contributed by atoms with van der Waals surface area (Å²) in [6.07, 6.45) is -13.0. The van der Waals surface area contributed by atoms with Gasteiger partial charge in [0.25, 0.3) is 0 Å². The van der Waals surface area contributed by atoms with Gasteiger partial charge in [-0.05, 0) is 12.0 Å². The van der Waals surface area contributed by atoms with E-state index >= 15 is 0 Å². The molecule has 4 nitrogen and oxygen atoms in total. The zero-order valence-electron chi connectivity index (χ0n) is 20.1. The van der Waals surface area contributed by atoms with Crippen molar-refractivity contribution in [1.82, 2.24) is 0 Å². The second-order valence-corrected chi connectivity index (χ2v) is 9.13. The summed E-state index contributed by atoms with van der Waals surface area (Å²) in [5, 5.41) is 39.7. The molecule has 4 N–H and O–H groups in total. The molecule has 246 valence electrons. The molecule has 1 aromatic rings. The van der Waals surface area contributed by atoms with E-state index in [9.17, 15) is 95.1 Å². The van der Waals surface area contributed by atoms with Gasteiger partial charge in [-0.15, -0.1) is 0 Å². The Morgan fingerprint density at radius 3 is 1.12 bits per heavy atom. The third-order valence-corrected chi connectivity index (χ3v) is 6.62. The van der Waals surface area contributed by atoms with E-state index in [4.69, 9.17) is 0 Å². The SMILES string of the molecule is OCC(CO)(CO)C(O)(CCC(F)(F)C(F)(F)C(F)(F)C(F)(F)C(F)(F)C(F)(F)C(F)(F)C(F)(F)F)c1ccccc1. The van der Waals surface area contributed by atoms with Crippen LogP contribution < -0.4 is 0 Å². The van der Waals surface area contributed by atoms with Crippen molar-refractivity contribution < 1.29 is 95.1 Å². The van der Waals surface area contributed by atoms with Crippen LogP contribution in [0.2, 0.25) is 0 Å². The van der Waals surface area contributed by atoms with Crippen LogP contribution in [-0.2, 0) is 5.60 Å². The highest BCUT2D eigenvalue weighted by atomic mass is 19.4. The topological polar surface area (TPSA) is 80.9 Å². The van der Waals surface area contributed by atoms with Crippen molar-refractivity contribution in [3.8, 4) is 0 Å². The summed E-state index contributed by atoms with van der Waals surface area (Å²) in [6, 6.07) is 4.72. The molecule has 0 saturated heterocycles. The normalized spacial score (nSPS) is 16.9. The lowest BCUT2D eigenvalue weighted by Gasteiger charge is -2.46. The minimum atomic E-state index is -8.77. The molecule has 0 spiro atoms. The highest BCUT2D eigenvalue weighted by Crippen LogP contribution is 2.64. The van der Waals surface area contributed by atoms with Gasteiger partial charge >= 0.3 is 47.6 Å². The predicted octanol–water partition coefficient (Wildman–Crippen LogP) is 5.63. The van der Waals surface area contributed by atoms with Crippen LogP contribution in [0.4, 0.5) is 74.6 Å². The molecule has 0 saturated carbocycles. The molecule has 21 heteroatoms. The molecule has 0 aliphatic heterocycles. The molecule has 0 bridgehead atoms. The lowest BCUT2D eigenvalue weighted by atomic mass is 9.66. The fourth-order valence-corrected chi connectivity index (χ4v) is 3.66. The van der Waals surface area contributed by atoms with E-state index in [2.05, 4.69) is 0 Å². The van der Waals surface area contributed by atoms with Crippen molar-refractivity contribution in [3.05, 3.63) is 35.9 Å². The molecule has 0 aliphatic rings. The van der Waals surface area contributed by atoms with Crippen molar-refractivity contribution in [1.29, 1.82) is 0 Å². The third-order valence-electron chi connectivity index (χ3n) is 6.62. The standard InChI is InChI=1S/C21H19F17O4/c22-14(23,7-6-13(42,11-4-2-1-3-5-11)12(8-39,9-40)10-41)15(24,25)16(26,27)17(28,29)18(30,31)19(32,33)20(34,35)21(36,37)38/h1-5,39-42H,6-10H2. The van der Waals surface area contributed by atoms with Crippen molar-refractivity contribution in [2.24, 2.45) is 5.41 Å². The van der Waals surface area contributed by atoms with Crippen molar-refractivity contribution in [2.45, 2.75) is 66.1 Å². The van der Waals surface area contributed by atoms with Gasteiger partial charge in [0, 0.05) is 6.42 Å². The monoisotopic (exact) mass is 658 g/mol. The lowest BCUT2D eigenvalue weighted by Crippen LogP contribution is -2.74. The summed E-state index contributed by atoms with van der Waals surface area (Å²) in [6.45, 7) is -4.72. The van der Waals surface area contributed by atoms with Crippen LogP contribution in [0.25, 0.3) is 0 Å². The first-order valence-corrected chi connectivity index (χ1v) is 10.8. The number of hydrogen-bond donors (Lipinski definition) is 4. The fourth-order valence-electron chi connectivity index (χ4n) is 3.66. The lowest BCUT2D eigenvalue weighted by molar-refractivity contribution is -0.462. The van der Waals surface area contributed by atoms with E-state index < -0.39 is 96.9 Å². The number of aliphatic hydroxyl groups excluding tert-OH is 3. The molecule has 0 heterocycles. The molecule has 42 heavy (non-hydrogen) atoms. The Morgan fingerprint density at radius 2 is 0.786 bits per heavy atom. The van der Waals surface area contributed by atoms with Crippen molar-refractivity contribution in [2.75, 3.05) is 19.8 Å². The summed E-state index contributed by atoms with van der Waals surface area (Å²) in [4.78, 5) is 0. The van der Waals surface area contributed by atoms with Crippen molar-refractivity contribution in [3.63, 3.8) is 0 Å². The van der Waals surface area contributed by atoms with Crippen LogP contribution in [0.5, 0.6) is 0 Å². The highest BCUT2D eigenvalue weighted by Gasteiger charge is 2.95. The summed E-state index contributed by atoms with van der Waals surface area (Å²) in [5.41, 5.74) is -6.88. The Bertz CT molecular complexity index is 1050. The fraction of sp³-hybridized carbons (Fsp3) is 0.714. The first-order valence-electron chi connectivity index (χ1n) is 10.8. The van der Waals surface area contributed by atoms with E-state index in [-0.39, 0.29) is 0 Å². The van der Waals surface area contributed by atoms with Gasteiger partial charge in [0.05, 0.1) is 25.2 Å². The van der Waals surface area contributed by atoms with Crippen LogP contribution in [-0.4, -0.2) is 87.9 Å². The van der Waals surface area contributed by atoms with Crippen molar-refractivity contribution >= 4 is 0 Å². The van der Waals surface area contributed by atoms with Crippen LogP contribution in [0.3, 0.4) is 0 Å². The average Bonchev–Trinajstić information content (AvgIpc) is 2.88. The minimum absolute atomic E-state index is 0.723. The Morgan fingerprint density at radius 1 is 0.452 bits per heavy atom. The number of alkyl halides is 17. The van der Waals surface area contributed by atoms with E-state index in [1.54, 1.807) is 0 Å². The summed E-state index contributed by atoms with van der Waals surface area (Å²) < 4.78 is 230. The van der Waals surface area contributed by atoms with Gasteiger partial charge in [-0.25, -0.2) is 0 Å². The molecule has 0 aromatic heterocycles. The molecule has 1 atom stereocenters. The quantitative estimate of drug-likeness (QED) is 0.196. The molecule has 0 amide bonds.